The highest BCUT2D eigenvalue weighted by atomic mass is 32.2. The van der Waals surface area contributed by atoms with Crippen molar-refractivity contribution in [3.63, 3.8) is 0 Å². The molecule has 1 heterocycles. The van der Waals surface area contributed by atoms with Gasteiger partial charge in [-0.15, -0.1) is 0 Å². The summed E-state index contributed by atoms with van der Waals surface area (Å²) in [7, 11) is 0. The molecule has 1 aromatic rings. The van der Waals surface area contributed by atoms with Gasteiger partial charge in [-0.1, -0.05) is 54.3 Å². The zero-order valence-electron chi connectivity index (χ0n) is 11.5. The maximum atomic E-state index is 5.64. The van der Waals surface area contributed by atoms with Gasteiger partial charge in [-0.25, -0.2) is 0 Å². The van der Waals surface area contributed by atoms with Crippen LogP contribution in [-0.4, -0.2) is 30.4 Å². The average molecular weight is 311 g/mol. The first-order chi connectivity index (χ1) is 9.84. The van der Waals surface area contributed by atoms with Gasteiger partial charge in [0, 0.05) is 18.9 Å². The summed E-state index contributed by atoms with van der Waals surface area (Å²) in [6.45, 7) is 2.20. The number of nitrogens with one attached hydrogen (secondary N) is 1. The molecule has 1 aliphatic rings. The summed E-state index contributed by atoms with van der Waals surface area (Å²) in [5.41, 5.74) is 1.29. The van der Waals surface area contributed by atoms with Gasteiger partial charge in [-0.3, -0.25) is 0 Å². The number of rotatable bonds is 6. The van der Waals surface area contributed by atoms with Gasteiger partial charge in [-0.2, -0.15) is 0 Å². The lowest BCUT2D eigenvalue weighted by molar-refractivity contribution is -0.160. The van der Waals surface area contributed by atoms with Crippen molar-refractivity contribution in [1.82, 2.24) is 5.32 Å². The molecule has 0 amide bonds. The molecule has 2 rings (SSSR count). The quantitative estimate of drug-likeness (QED) is 0.643. The molecule has 3 nitrogen and oxygen atoms in total. The van der Waals surface area contributed by atoms with Crippen LogP contribution < -0.4 is 5.32 Å². The molecule has 110 valence electrons. The fourth-order valence-electron chi connectivity index (χ4n) is 1.96. The highest BCUT2D eigenvalue weighted by molar-refractivity contribution is 8.22. The molecule has 1 N–H and O–H groups in total. The third-order valence-corrected chi connectivity index (χ3v) is 4.41. The molecule has 1 aromatic carbocycles. The molecule has 1 aliphatic heterocycles. The van der Waals surface area contributed by atoms with Gasteiger partial charge >= 0.3 is 0 Å². The van der Waals surface area contributed by atoms with Crippen molar-refractivity contribution < 1.29 is 9.47 Å². The number of benzene rings is 1. The Morgan fingerprint density at radius 1 is 1.35 bits per heavy atom. The van der Waals surface area contributed by atoms with Gasteiger partial charge in [-0.05, 0) is 24.8 Å². The molecule has 20 heavy (non-hydrogen) atoms. The van der Waals surface area contributed by atoms with Crippen molar-refractivity contribution in [2.75, 3.05) is 19.8 Å². The lowest BCUT2D eigenvalue weighted by Gasteiger charge is -2.22. The second-order valence-corrected chi connectivity index (χ2v) is 6.31. The van der Waals surface area contributed by atoms with E-state index >= 15 is 0 Å². The third-order valence-electron chi connectivity index (χ3n) is 3.03. The van der Waals surface area contributed by atoms with Crippen molar-refractivity contribution >= 4 is 28.3 Å². The number of thiocarbonyl (C=S) groups is 1. The molecule has 5 heteroatoms. The fraction of sp³-hybridized carbons (Fsp3) is 0.533. The van der Waals surface area contributed by atoms with E-state index in [0.29, 0.717) is 6.61 Å². The van der Waals surface area contributed by atoms with Crippen LogP contribution in [0.25, 0.3) is 0 Å². The average Bonchev–Trinajstić information content (AvgIpc) is 2.52. The molecule has 1 atom stereocenters. The van der Waals surface area contributed by atoms with Crippen molar-refractivity contribution in [2.45, 2.75) is 31.3 Å². The number of ether oxygens (including phenoxy) is 2. The zero-order valence-corrected chi connectivity index (χ0v) is 13.2. The van der Waals surface area contributed by atoms with Crippen molar-refractivity contribution in [2.24, 2.45) is 0 Å². The first-order valence-corrected chi connectivity index (χ1v) is 8.42. The Labute approximate surface area is 130 Å². The van der Waals surface area contributed by atoms with E-state index < -0.39 is 0 Å². The number of hydrogen-bond donors (Lipinski definition) is 1. The Balaban J connectivity index is 1.51. The van der Waals surface area contributed by atoms with E-state index in [0.717, 1.165) is 36.1 Å². The largest absolute Gasteiger partial charge is 0.369 e. The lowest BCUT2D eigenvalue weighted by Crippen LogP contribution is -2.28. The topological polar surface area (TPSA) is 30.5 Å². The lowest BCUT2D eigenvalue weighted by atomic mass is 10.2. The van der Waals surface area contributed by atoms with Crippen LogP contribution in [0.2, 0.25) is 0 Å². The summed E-state index contributed by atoms with van der Waals surface area (Å²) in [5, 5.41) is 3.21. The molecular weight excluding hydrogens is 290 g/mol. The predicted molar refractivity (Wildman–Crippen MR) is 87.9 cm³/mol. The van der Waals surface area contributed by atoms with Crippen LogP contribution in [0.1, 0.15) is 24.8 Å². The molecule has 1 unspecified atom stereocenters. The highest BCUT2D eigenvalue weighted by Crippen LogP contribution is 2.14. The smallest absolute Gasteiger partial charge is 0.157 e. The van der Waals surface area contributed by atoms with Gasteiger partial charge in [0.2, 0.25) is 0 Å². The molecule has 0 aliphatic carbocycles. The van der Waals surface area contributed by atoms with Crippen LogP contribution in [0.5, 0.6) is 0 Å². The minimum absolute atomic E-state index is 0.0175. The molecule has 0 saturated carbocycles. The first kappa shape index (κ1) is 15.8. The number of hydrogen-bond acceptors (Lipinski definition) is 4. The van der Waals surface area contributed by atoms with Crippen molar-refractivity contribution in [3.8, 4) is 0 Å². The van der Waals surface area contributed by atoms with Crippen LogP contribution >= 0.6 is 24.0 Å². The van der Waals surface area contributed by atoms with Crippen LogP contribution in [0.4, 0.5) is 0 Å². The minimum atomic E-state index is -0.0175. The van der Waals surface area contributed by atoms with E-state index in [-0.39, 0.29) is 6.29 Å². The van der Waals surface area contributed by atoms with E-state index in [1.807, 2.05) is 18.2 Å². The standard InChI is InChI=1S/C15H21NO2S2/c19-15(20-12-13-6-2-1-3-7-13)16-9-11-18-14-8-4-5-10-17-14/h1-3,6-7,14H,4-5,8-12H2,(H,16,19). The molecule has 0 radical (unpaired) electrons. The Morgan fingerprint density at radius 2 is 2.20 bits per heavy atom. The van der Waals surface area contributed by atoms with Gasteiger partial charge in [0.05, 0.1) is 6.61 Å². The van der Waals surface area contributed by atoms with Crippen LogP contribution in [0.3, 0.4) is 0 Å². The van der Waals surface area contributed by atoms with Crippen LogP contribution in [-0.2, 0) is 15.2 Å². The molecule has 0 aromatic heterocycles. The van der Waals surface area contributed by atoms with E-state index in [2.05, 4.69) is 17.4 Å². The summed E-state index contributed by atoms with van der Waals surface area (Å²) in [6, 6.07) is 10.3. The molecule has 1 saturated heterocycles. The van der Waals surface area contributed by atoms with E-state index in [1.165, 1.54) is 12.0 Å². The van der Waals surface area contributed by atoms with Gasteiger partial charge in [0.15, 0.2) is 6.29 Å². The SMILES string of the molecule is S=C(NCCOC1CCCCO1)SCc1ccccc1. The minimum Gasteiger partial charge on any atom is -0.369 e. The highest BCUT2D eigenvalue weighted by Gasteiger charge is 2.13. The van der Waals surface area contributed by atoms with Crippen molar-refractivity contribution in [3.05, 3.63) is 35.9 Å². The summed E-state index contributed by atoms with van der Waals surface area (Å²) in [5.74, 6) is 0.902. The molecule has 0 bridgehead atoms. The number of thioether (sulfide) groups is 1. The van der Waals surface area contributed by atoms with Gasteiger partial charge in [0.25, 0.3) is 0 Å². The van der Waals surface area contributed by atoms with E-state index in [9.17, 15) is 0 Å². The Bertz CT molecular complexity index is 394. The fourth-order valence-corrected chi connectivity index (χ4v) is 2.93. The summed E-state index contributed by atoms with van der Waals surface area (Å²) >= 11 is 6.94. The second-order valence-electron chi connectivity index (χ2n) is 4.66. The van der Waals surface area contributed by atoms with E-state index in [4.69, 9.17) is 21.7 Å². The summed E-state index contributed by atoms with van der Waals surface area (Å²) in [6.07, 6.45) is 3.34. The monoisotopic (exact) mass is 311 g/mol. The second kappa shape index (κ2) is 9.34. The van der Waals surface area contributed by atoms with Crippen LogP contribution in [0.15, 0.2) is 30.3 Å². The maximum absolute atomic E-state index is 5.64. The Kier molecular flexibility index (Phi) is 7.36. The van der Waals surface area contributed by atoms with Gasteiger partial charge in [0.1, 0.15) is 4.32 Å². The van der Waals surface area contributed by atoms with Crippen molar-refractivity contribution in [1.29, 1.82) is 0 Å². The van der Waals surface area contributed by atoms with E-state index in [1.54, 1.807) is 11.8 Å². The maximum Gasteiger partial charge on any atom is 0.157 e. The normalized spacial score (nSPS) is 18.7. The Morgan fingerprint density at radius 3 is 2.95 bits per heavy atom. The predicted octanol–water partition coefficient (Wildman–Crippen LogP) is 3.34. The third kappa shape index (κ3) is 6.22. The zero-order chi connectivity index (χ0) is 14.0. The van der Waals surface area contributed by atoms with Gasteiger partial charge < -0.3 is 14.8 Å². The first-order valence-electron chi connectivity index (χ1n) is 7.02. The summed E-state index contributed by atoms with van der Waals surface area (Å²) in [4.78, 5) is 0. The van der Waals surface area contributed by atoms with Crippen LogP contribution in [0, 0.1) is 0 Å². The molecular formula is C15H21NO2S2. The Hall–Kier alpha value is -0.620. The molecule has 0 spiro atoms. The molecule has 1 fully saturated rings. The summed E-state index contributed by atoms with van der Waals surface area (Å²) < 4.78 is 12.0.